The van der Waals surface area contributed by atoms with Crippen molar-refractivity contribution in [3.8, 4) is 0 Å². The van der Waals surface area contributed by atoms with Crippen molar-refractivity contribution < 1.29 is 14.4 Å². The third-order valence-corrected chi connectivity index (χ3v) is 6.75. The monoisotopic (exact) mass is 400 g/mol. The van der Waals surface area contributed by atoms with E-state index in [2.05, 4.69) is 18.3 Å². The second-order valence-electron chi connectivity index (χ2n) is 8.86. The topological polar surface area (TPSA) is 66.5 Å². The van der Waals surface area contributed by atoms with Gasteiger partial charge in [-0.1, -0.05) is 17.7 Å². The lowest BCUT2D eigenvalue weighted by atomic mass is 9.82. The summed E-state index contributed by atoms with van der Waals surface area (Å²) < 4.78 is 0. The molecule has 0 unspecified atom stereocenters. The summed E-state index contributed by atoms with van der Waals surface area (Å²) in [6, 6.07) is 12.6. The Morgan fingerprint density at radius 2 is 1.57 bits per heavy atom. The number of rotatable bonds is 3. The molecule has 3 aliphatic rings. The summed E-state index contributed by atoms with van der Waals surface area (Å²) in [6.07, 6.45) is 3.09. The summed E-state index contributed by atoms with van der Waals surface area (Å²) in [5.74, 6) is -0.487. The smallest absolute Gasteiger partial charge is 0.255 e. The number of nitrogens with one attached hydrogen (secondary N) is 1. The lowest BCUT2D eigenvalue weighted by molar-refractivity contribution is -0.123. The second-order valence-corrected chi connectivity index (χ2v) is 8.86. The van der Waals surface area contributed by atoms with Crippen LogP contribution in [0.1, 0.15) is 34.8 Å². The molecule has 5 heteroatoms. The van der Waals surface area contributed by atoms with E-state index in [0.717, 1.165) is 23.2 Å². The van der Waals surface area contributed by atoms with Crippen LogP contribution in [-0.2, 0) is 9.59 Å². The van der Waals surface area contributed by atoms with E-state index in [1.165, 1.54) is 10.5 Å². The van der Waals surface area contributed by atoms with Crippen LogP contribution in [0.5, 0.6) is 0 Å². The third-order valence-electron chi connectivity index (χ3n) is 6.75. The van der Waals surface area contributed by atoms with Crippen LogP contribution in [0.3, 0.4) is 0 Å². The zero-order chi connectivity index (χ0) is 21.2. The van der Waals surface area contributed by atoms with Crippen LogP contribution in [-0.4, -0.2) is 17.7 Å². The second kappa shape index (κ2) is 6.66. The van der Waals surface area contributed by atoms with Crippen molar-refractivity contribution in [1.82, 2.24) is 0 Å². The molecule has 2 fully saturated rings. The minimum atomic E-state index is -0.223. The molecule has 5 rings (SSSR count). The molecule has 2 aliphatic carbocycles. The minimum Gasteiger partial charge on any atom is -0.322 e. The molecule has 0 aromatic heterocycles. The number of carbonyl (C=O) groups is 3. The van der Waals surface area contributed by atoms with Gasteiger partial charge in [-0.15, -0.1) is 0 Å². The predicted molar refractivity (Wildman–Crippen MR) is 115 cm³/mol. The van der Waals surface area contributed by atoms with Gasteiger partial charge in [0.25, 0.3) is 5.91 Å². The molecule has 2 aromatic rings. The van der Waals surface area contributed by atoms with Crippen LogP contribution in [0.15, 0.2) is 54.1 Å². The first-order chi connectivity index (χ1) is 14.3. The number of hydrogen-bond acceptors (Lipinski definition) is 3. The molecular weight excluding hydrogens is 376 g/mol. The van der Waals surface area contributed by atoms with E-state index in [-0.39, 0.29) is 41.4 Å². The van der Waals surface area contributed by atoms with Gasteiger partial charge < -0.3 is 5.32 Å². The van der Waals surface area contributed by atoms with Crippen LogP contribution >= 0.6 is 0 Å². The van der Waals surface area contributed by atoms with Gasteiger partial charge in [-0.25, -0.2) is 0 Å². The normalized spacial score (nSPS) is 26.8. The SMILES string of the molecule is CC1=C[C@H]2C[C@H]1[C@H]1C(=O)N(c3ccc(C(=O)Nc4cc(C)cc(C)c4)cc3)C(=O)[C@H]12. The zero-order valence-corrected chi connectivity index (χ0v) is 17.3. The van der Waals surface area contributed by atoms with Gasteiger partial charge >= 0.3 is 0 Å². The summed E-state index contributed by atoms with van der Waals surface area (Å²) in [4.78, 5) is 40.0. The molecular formula is C25H24N2O3. The van der Waals surface area contributed by atoms with Crippen molar-refractivity contribution >= 4 is 29.1 Å². The highest BCUT2D eigenvalue weighted by atomic mass is 16.2. The number of carbonyl (C=O) groups excluding carboxylic acids is 3. The number of nitrogens with zero attached hydrogens (tertiary/aromatic N) is 1. The van der Waals surface area contributed by atoms with Crippen LogP contribution in [0.25, 0.3) is 0 Å². The molecule has 2 bridgehead atoms. The average molecular weight is 400 g/mol. The first-order valence-electron chi connectivity index (χ1n) is 10.4. The van der Waals surface area contributed by atoms with Crippen LogP contribution < -0.4 is 10.2 Å². The van der Waals surface area contributed by atoms with Crippen molar-refractivity contribution in [3.05, 3.63) is 70.8 Å². The van der Waals surface area contributed by atoms with Crippen molar-refractivity contribution in [1.29, 1.82) is 0 Å². The van der Waals surface area contributed by atoms with Crippen LogP contribution in [0.4, 0.5) is 11.4 Å². The van der Waals surface area contributed by atoms with E-state index in [0.29, 0.717) is 11.3 Å². The summed E-state index contributed by atoms with van der Waals surface area (Å²) in [5.41, 5.74) is 5.17. The highest BCUT2D eigenvalue weighted by Gasteiger charge is 2.60. The Hall–Kier alpha value is -3.21. The Bertz CT molecular complexity index is 1100. The maximum atomic E-state index is 13.1. The van der Waals surface area contributed by atoms with Gasteiger partial charge in [-0.3, -0.25) is 19.3 Å². The molecule has 1 heterocycles. The molecule has 3 amide bonds. The lowest BCUT2D eigenvalue weighted by Crippen LogP contribution is -2.33. The summed E-state index contributed by atoms with van der Waals surface area (Å²) in [7, 11) is 0. The zero-order valence-electron chi connectivity index (χ0n) is 17.3. The molecule has 1 saturated heterocycles. The Morgan fingerprint density at radius 1 is 0.933 bits per heavy atom. The standard InChI is InChI=1S/C25H24N2O3/c1-13-8-14(2)10-18(9-13)26-23(28)16-4-6-19(7-5-16)27-24(29)21-17-11-15(3)20(12-17)22(21)25(27)30/h4-11,17,20-22H,12H2,1-3H3,(H,26,28)/t17-,20+,21-,22+/m0/s1. The molecule has 30 heavy (non-hydrogen) atoms. The number of anilines is 2. The molecule has 0 radical (unpaired) electrons. The van der Waals surface area contributed by atoms with E-state index in [1.54, 1.807) is 24.3 Å². The molecule has 5 nitrogen and oxygen atoms in total. The maximum absolute atomic E-state index is 13.1. The molecule has 2 aromatic carbocycles. The largest absolute Gasteiger partial charge is 0.322 e. The average Bonchev–Trinajstić information content (AvgIpc) is 3.32. The summed E-state index contributed by atoms with van der Waals surface area (Å²) in [5, 5.41) is 2.91. The summed E-state index contributed by atoms with van der Waals surface area (Å²) in [6.45, 7) is 6.03. The fourth-order valence-electron chi connectivity index (χ4n) is 5.54. The van der Waals surface area contributed by atoms with Gasteiger partial charge in [0.1, 0.15) is 0 Å². The van der Waals surface area contributed by atoms with Crippen molar-refractivity contribution in [2.75, 3.05) is 10.2 Å². The van der Waals surface area contributed by atoms with Gasteiger partial charge in [0.2, 0.25) is 11.8 Å². The Kier molecular flexibility index (Phi) is 4.17. The van der Waals surface area contributed by atoms with Crippen molar-refractivity contribution in [3.63, 3.8) is 0 Å². The molecule has 0 spiro atoms. The van der Waals surface area contributed by atoms with Crippen molar-refractivity contribution in [2.24, 2.45) is 23.7 Å². The van der Waals surface area contributed by atoms with Gasteiger partial charge in [-0.2, -0.15) is 0 Å². The van der Waals surface area contributed by atoms with Crippen molar-refractivity contribution in [2.45, 2.75) is 27.2 Å². The number of benzene rings is 2. The van der Waals surface area contributed by atoms with E-state index in [9.17, 15) is 14.4 Å². The first kappa shape index (κ1) is 18.8. The molecule has 1 N–H and O–H groups in total. The Morgan fingerprint density at radius 3 is 2.23 bits per heavy atom. The Balaban J connectivity index is 1.35. The highest BCUT2D eigenvalue weighted by molar-refractivity contribution is 6.23. The van der Waals surface area contributed by atoms with Gasteiger partial charge in [-0.05, 0) is 86.6 Å². The van der Waals surface area contributed by atoms with Gasteiger partial charge in [0.15, 0.2) is 0 Å². The number of aryl methyl sites for hydroxylation is 2. The molecule has 4 atom stereocenters. The first-order valence-corrected chi connectivity index (χ1v) is 10.4. The van der Waals surface area contributed by atoms with Crippen LogP contribution in [0, 0.1) is 37.5 Å². The number of imide groups is 1. The third kappa shape index (κ3) is 2.80. The van der Waals surface area contributed by atoms with E-state index < -0.39 is 0 Å². The quantitative estimate of drug-likeness (QED) is 0.618. The predicted octanol–water partition coefficient (Wildman–Crippen LogP) is 4.26. The number of amides is 3. The Labute approximate surface area is 175 Å². The van der Waals surface area contributed by atoms with E-state index in [1.807, 2.05) is 32.0 Å². The summed E-state index contributed by atoms with van der Waals surface area (Å²) >= 11 is 0. The van der Waals surface area contributed by atoms with Gasteiger partial charge in [0.05, 0.1) is 17.5 Å². The molecule has 1 saturated carbocycles. The maximum Gasteiger partial charge on any atom is 0.255 e. The fourth-order valence-corrected chi connectivity index (χ4v) is 5.54. The molecule has 152 valence electrons. The highest BCUT2D eigenvalue weighted by Crippen LogP contribution is 2.55. The lowest BCUT2D eigenvalue weighted by Gasteiger charge is -2.19. The van der Waals surface area contributed by atoms with Gasteiger partial charge in [0, 0.05) is 11.3 Å². The van der Waals surface area contributed by atoms with E-state index in [4.69, 9.17) is 0 Å². The fraction of sp³-hybridized carbons (Fsp3) is 0.320. The minimum absolute atomic E-state index is 0.0996. The number of fused-ring (bicyclic) bond motifs is 5. The molecule has 1 aliphatic heterocycles. The number of hydrogen-bond donors (Lipinski definition) is 1. The van der Waals surface area contributed by atoms with Crippen LogP contribution in [0.2, 0.25) is 0 Å². The van der Waals surface area contributed by atoms with E-state index >= 15 is 0 Å². The number of allylic oxidation sites excluding steroid dienone is 2.